The predicted octanol–water partition coefficient (Wildman–Crippen LogP) is 1.94. The van der Waals surface area contributed by atoms with E-state index in [1.807, 2.05) is 0 Å². The third-order valence-corrected chi connectivity index (χ3v) is 4.12. The van der Waals surface area contributed by atoms with Crippen LogP contribution in [-0.2, 0) is 23.9 Å². The Labute approximate surface area is 121 Å². The second kappa shape index (κ2) is 4.44. The van der Waals surface area contributed by atoms with Crippen molar-refractivity contribution in [1.82, 2.24) is 0 Å². The fraction of sp³-hybridized carbons (Fsp3) is 0.533. The maximum absolute atomic E-state index is 12.5. The van der Waals surface area contributed by atoms with E-state index in [1.165, 1.54) is 20.1 Å². The third-order valence-electron chi connectivity index (χ3n) is 4.12. The van der Waals surface area contributed by atoms with Gasteiger partial charge in [-0.15, -0.1) is 0 Å². The van der Waals surface area contributed by atoms with Crippen molar-refractivity contribution in [2.24, 2.45) is 5.41 Å². The first-order valence-corrected chi connectivity index (χ1v) is 6.87. The number of carbonyl (C=O) groups excluding carboxylic acids is 3. The minimum atomic E-state index is -1.48. The topological polar surface area (TPSA) is 82.8 Å². The molecule has 1 saturated heterocycles. The monoisotopic (exact) mass is 292 g/mol. The Hall–Kier alpha value is -2.11. The number of furan rings is 1. The molecule has 0 amide bonds. The fourth-order valence-electron chi connectivity index (χ4n) is 3.07. The van der Waals surface area contributed by atoms with Crippen molar-refractivity contribution in [3.05, 3.63) is 24.2 Å². The Balaban J connectivity index is 2.06. The van der Waals surface area contributed by atoms with Gasteiger partial charge in [-0.2, -0.15) is 0 Å². The summed E-state index contributed by atoms with van der Waals surface area (Å²) in [7, 11) is 0. The van der Waals surface area contributed by atoms with Gasteiger partial charge in [0.1, 0.15) is 11.5 Å². The van der Waals surface area contributed by atoms with E-state index in [0.717, 1.165) is 0 Å². The van der Waals surface area contributed by atoms with Gasteiger partial charge in [0.2, 0.25) is 0 Å². The second-order valence-corrected chi connectivity index (χ2v) is 5.96. The van der Waals surface area contributed by atoms with E-state index in [0.29, 0.717) is 5.76 Å². The Kier molecular flexibility index (Phi) is 2.93. The second-order valence-electron chi connectivity index (χ2n) is 5.96. The van der Waals surface area contributed by atoms with Crippen molar-refractivity contribution in [2.45, 2.75) is 44.8 Å². The SMILES string of the molecule is CC1(C)OC(=O)C2(CCC(=O)CC2c2ccco2)C(=O)O1. The molecule has 112 valence electrons. The standard InChI is InChI=1S/C15H16O6/c1-14(2)20-12(17)15(13(18)21-14)6-5-9(16)8-10(15)11-4-3-7-19-11/h3-4,7,10H,5-6,8H2,1-2H3. The van der Waals surface area contributed by atoms with Crippen LogP contribution < -0.4 is 0 Å². The van der Waals surface area contributed by atoms with Gasteiger partial charge in [-0.3, -0.25) is 14.4 Å². The number of ether oxygens (including phenoxy) is 2. The highest BCUT2D eigenvalue weighted by Crippen LogP contribution is 2.51. The van der Waals surface area contributed by atoms with Crippen LogP contribution in [-0.4, -0.2) is 23.5 Å². The zero-order valence-electron chi connectivity index (χ0n) is 11.9. The zero-order valence-corrected chi connectivity index (χ0v) is 11.9. The van der Waals surface area contributed by atoms with Crippen LogP contribution >= 0.6 is 0 Å². The molecule has 2 aliphatic rings. The Bertz CT molecular complexity index is 578. The minimum absolute atomic E-state index is 0.00698. The number of carbonyl (C=O) groups is 3. The van der Waals surface area contributed by atoms with Crippen LogP contribution in [0.4, 0.5) is 0 Å². The summed E-state index contributed by atoms with van der Waals surface area (Å²) in [6.07, 6.45) is 1.76. The molecule has 0 radical (unpaired) electrons. The number of cyclic esters (lactones) is 2. The molecule has 1 spiro atoms. The van der Waals surface area contributed by atoms with Gasteiger partial charge in [-0.25, -0.2) is 0 Å². The van der Waals surface area contributed by atoms with Crippen molar-refractivity contribution in [3.63, 3.8) is 0 Å². The molecule has 6 heteroatoms. The lowest BCUT2D eigenvalue weighted by Gasteiger charge is -2.44. The normalized spacial score (nSPS) is 27.3. The molecule has 1 aliphatic heterocycles. The largest absolute Gasteiger partial charge is 0.469 e. The Morgan fingerprint density at radius 1 is 1.14 bits per heavy atom. The van der Waals surface area contributed by atoms with Gasteiger partial charge in [0, 0.05) is 26.7 Å². The van der Waals surface area contributed by atoms with E-state index in [1.54, 1.807) is 12.1 Å². The van der Waals surface area contributed by atoms with E-state index in [4.69, 9.17) is 13.9 Å². The number of rotatable bonds is 1. The molecule has 2 fully saturated rings. The smallest absolute Gasteiger partial charge is 0.327 e. The lowest BCUT2D eigenvalue weighted by molar-refractivity contribution is -0.254. The number of hydrogen-bond acceptors (Lipinski definition) is 6. The van der Waals surface area contributed by atoms with Crippen LogP contribution in [0.3, 0.4) is 0 Å². The lowest BCUT2D eigenvalue weighted by atomic mass is 9.64. The third kappa shape index (κ3) is 2.05. The van der Waals surface area contributed by atoms with Crippen molar-refractivity contribution < 1.29 is 28.3 Å². The van der Waals surface area contributed by atoms with Crippen molar-refractivity contribution in [3.8, 4) is 0 Å². The van der Waals surface area contributed by atoms with E-state index < -0.39 is 29.1 Å². The molecule has 1 aromatic rings. The Morgan fingerprint density at radius 2 is 1.81 bits per heavy atom. The maximum Gasteiger partial charge on any atom is 0.327 e. The van der Waals surface area contributed by atoms with Gasteiger partial charge < -0.3 is 13.9 Å². The van der Waals surface area contributed by atoms with Gasteiger partial charge in [-0.05, 0) is 18.6 Å². The first-order valence-electron chi connectivity index (χ1n) is 6.87. The first kappa shape index (κ1) is 13.9. The molecule has 1 aromatic heterocycles. The zero-order chi connectivity index (χ0) is 15.3. The highest BCUT2D eigenvalue weighted by molar-refractivity contribution is 6.04. The van der Waals surface area contributed by atoms with Gasteiger partial charge in [-0.1, -0.05) is 0 Å². The average molecular weight is 292 g/mol. The number of esters is 2. The minimum Gasteiger partial charge on any atom is -0.469 e. The molecule has 1 aliphatic carbocycles. The highest BCUT2D eigenvalue weighted by Gasteiger charge is 2.63. The van der Waals surface area contributed by atoms with Gasteiger partial charge >= 0.3 is 11.9 Å². The summed E-state index contributed by atoms with van der Waals surface area (Å²) in [4.78, 5) is 36.9. The molecule has 0 N–H and O–H groups in total. The average Bonchev–Trinajstić information content (AvgIpc) is 2.89. The van der Waals surface area contributed by atoms with Gasteiger partial charge in [0.15, 0.2) is 5.41 Å². The van der Waals surface area contributed by atoms with E-state index in [-0.39, 0.29) is 25.0 Å². The molecule has 1 saturated carbocycles. The molecular weight excluding hydrogens is 276 g/mol. The number of hydrogen-bond donors (Lipinski definition) is 0. The van der Waals surface area contributed by atoms with Crippen LogP contribution in [0.25, 0.3) is 0 Å². The van der Waals surface area contributed by atoms with Crippen LogP contribution in [0.15, 0.2) is 22.8 Å². The lowest BCUT2D eigenvalue weighted by Crippen LogP contribution is -2.58. The molecular formula is C15H16O6. The fourth-order valence-corrected chi connectivity index (χ4v) is 3.07. The summed E-state index contributed by atoms with van der Waals surface area (Å²) in [5, 5.41) is 0. The summed E-state index contributed by atoms with van der Waals surface area (Å²) in [6.45, 7) is 3.01. The van der Waals surface area contributed by atoms with Gasteiger partial charge in [0.25, 0.3) is 5.79 Å². The molecule has 6 nitrogen and oxygen atoms in total. The van der Waals surface area contributed by atoms with E-state index >= 15 is 0 Å². The molecule has 0 bridgehead atoms. The number of ketones is 1. The maximum atomic E-state index is 12.5. The van der Waals surface area contributed by atoms with Crippen LogP contribution in [0.2, 0.25) is 0 Å². The summed E-state index contributed by atoms with van der Waals surface area (Å²) in [5.41, 5.74) is -1.48. The molecule has 3 rings (SSSR count). The molecule has 2 heterocycles. The van der Waals surface area contributed by atoms with Gasteiger partial charge in [0.05, 0.1) is 12.2 Å². The van der Waals surface area contributed by atoms with E-state index in [2.05, 4.69) is 0 Å². The molecule has 1 atom stereocenters. The summed E-state index contributed by atoms with van der Waals surface area (Å²) in [5.74, 6) is -2.82. The quantitative estimate of drug-likeness (QED) is 0.581. The number of Topliss-reactive ketones (excluding diaryl/α,β-unsaturated/α-hetero) is 1. The highest BCUT2D eigenvalue weighted by atomic mass is 16.7. The van der Waals surface area contributed by atoms with Crippen LogP contribution in [0.5, 0.6) is 0 Å². The summed E-state index contributed by atoms with van der Waals surface area (Å²) >= 11 is 0. The van der Waals surface area contributed by atoms with Crippen LogP contribution in [0.1, 0.15) is 44.8 Å². The molecule has 0 aromatic carbocycles. The molecule has 21 heavy (non-hydrogen) atoms. The summed E-state index contributed by atoms with van der Waals surface area (Å²) in [6, 6.07) is 3.32. The van der Waals surface area contributed by atoms with Crippen molar-refractivity contribution >= 4 is 17.7 Å². The van der Waals surface area contributed by atoms with E-state index in [9.17, 15) is 14.4 Å². The first-order chi connectivity index (χ1) is 9.85. The Morgan fingerprint density at radius 3 is 2.38 bits per heavy atom. The predicted molar refractivity (Wildman–Crippen MR) is 69.0 cm³/mol. The molecule has 1 unspecified atom stereocenters. The summed E-state index contributed by atoms with van der Waals surface area (Å²) < 4.78 is 15.9. The van der Waals surface area contributed by atoms with Crippen LogP contribution in [0, 0.1) is 5.41 Å². The van der Waals surface area contributed by atoms with Crippen molar-refractivity contribution in [2.75, 3.05) is 0 Å². The van der Waals surface area contributed by atoms with Crippen molar-refractivity contribution in [1.29, 1.82) is 0 Å².